The van der Waals surface area contributed by atoms with E-state index in [4.69, 9.17) is 5.73 Å². The van der Waals surface area contributed by atoms with Crippen LogP contribution in [-0.2, 0) is 0 Å². The lowest BCUT2D eigenvalue weighted by atomic mass is 10.0. The molecule has 4 heteroatoms. The van der Waals surface area contributed by atoms with Gasteiger partial charge in [0.05, 0.1) is 6.04 Å². The van der Waals surface area contributed by atoms with Gasteiger partial charge in [-0.2, -0.15) is 0 Å². The van der Waals surface area contributed by atoms with Crippen LogP contribution >= 0.6 is 11.3 Å². The monoisotopic (exact) mass is 269 g/mol. The van der Waals surface area contributed by atoms with Crippen LogP contribution in [0, 0.1) is 5.92 Å². The van der Waals surface area contributed by atoms with Gasteiger partial charge >= 0.3 is 0 Å². The van der Waals surface area contributed by atoms with Gasteiger partial charge < -0.3 is 11.1 Å². The van der Waals surface area contributed by atoms with Crippen molar-refractivity contribution >= 4 is 11.3 Å². The van der Waals surface area contributed by atoms with Crippen LogP contribution in [0.1, 0.15) is 57.5 Å². The fourth-order valence-electron chi connectivity index (χ4n) is 2.05. The van der Waals surface area contributed by atoms with Crippen LogP contribution in [0.3, 0.4) is 0 Å². The maximum Gasteiger partial charge on any atom is 0.109 e. The molecule has 18 heavy (non-hydrogen) atoms. The molecule has 0 saturated carbocycles. The summed E-state index contributed by atoms with van der Waals surface area (Å²) in [5, 5.41) is 6.88. The first kappa shape index (κ1) is 15.6. The fourth-order valence-corrected chi connectivity index (χ4v) is 2.84. The highest BCUT2D eigenvalue weighted by Gasteiger charge is 2.12. The molecule has 0 bridgehead atoms. The van der Waals surface area contributed by atoms with Crippen molar-refractivity contribution in [3.8, 4) is 0 Å². The largest absolute Gasteiger partial charge is 0.328 e. The summed E-state index contributed by atoms with van der Waals surface area (Å²) in [5.41, 5.74) is 5.76. The first-order valence-corrected chi connectivity index (χ1v) is 7.89. The topological polar surface area (TPSA) is 50.9 Å². The Hall–Kier alpha value is -0.450. The fraction of sp³-hybridized carbons (Fsp3) is 0.786. The van der Waals surface area contributed by atoms with E-state index in [1.54, 1.807) is 11.3 Å². The van der Waals surface area contributed by atoms with Crippen LogP contribution in [0.25, 0.3) is 0 Å². The van der Waals surface area contributed by atoms with Gasteiger partial charge in [-0.05, 0) is 38.6 Å². The van der Waals surface area contributed by atoms with Gasteiger partial charge in [0.1, 0.15) is 5.01 Å². The number of hydrogen-bond donors (Lipinski definition) is 2. The van der Waals surface area contributed by atoms with Crippen molar-refractivity contribution in [2.45, 2.75) is 58.5 Å². The molecule has 0 spiro atoms. The Balaban J connectivity index is 2.22. The van der Waals surface area contributed by atoms with E-state index in [0.717, 1.165) is 19.4 Å². The number of nitrogens with one attached hydrogen (secondary N) is 1. The zero-order chi connectivity index (χ0) is 13.4. The van der Waals surface area contributed by atoms with Crippen LogP contribution in [0.4, 0.5) is 0 Å². The minimum Gasteiger partial charge on any atom is -0.328 e. The van der Waals surface area contributed by atoms with E-state index in [-0.39, 0.29) is 0 Å². The summed E-state index contributed by atoms with van der Waals surface area (Å²) in [6.45, 7) is 7.66. The van der Waals surface area contributed by atoms with Crippen molar-refractivity contribution in [2.24, 2.45) is 11.7 Å². The molecule has 0 amide bonds. The standard InChI is InChI=1S/C14H27N3S/c1-4-13(14-16-8-9-18-14)17-10-11(2)6-5-7-12(3)15/h8-9,11-13,17H,4-7,10,15H2,1-3H3. The molecule has 0 aromatic carbocycles. The van der Waals surface area contributed by atoms with E-state index < -0.39 is 0 Å². The van der Waals surface area contributed by atoms with Gasteiger partial charge in [-0.1, -0.05) is 20.3 Å². The van der Waals surface area contributed by atoms with E-state index in [0.29, 0.717) is 18.0 Å². The van der Waals surface area contributed by atoms with Crippen LogP contribution < -0.4 is 11.1 Å². The van der Waals surface area contributed by atoms with E-state index in [1.807, 2.05) is 11.6 Å². The van der Waals surface area contributed by atoms with Gasteiger partial charge in [0.15, 0.2) is 0 Å². The molecule has 1 heterocycles. The first-order chi connectivity index (χ1) is 8.63. The second-order valence-corrected chi connectivity index (χ2v) is 6.18. The Labute approximate surface area is 115 Å². The van der Waals surface area contributed by atoms with Gasteiger partial charge in [-0.3, -0.25) is 0 Å². The third-order valence-corrected chi connectivity index (χ3v) is 4.12. The predicted molar refractivity (Wildman–Crippen MR) is 79.8 cm³/mol. The average Bonchev–Trinajstić information content (AvgIpc) is 2.83. The average molecular weight is 269 g/mol. The van der Waals surface area contributed by atoms with Gasteiger partial charge in [0, 0.05) is 17.6 Å². The molecule has 0 saturated heterocycles. The number of hydrogen-bond acceptors (Lipinski definition) is 4. The molecule has 3 N–H and O–H groups in total. The second kappa shape index (κ2) is 8.62. The van der Waals surface area contributed by atoms with Gasteiger partial charge in [0.25, 0.3) is 0 Å². The van der Waals surface area contributed by atoms with Crippen molar-refractivity contribution < 1.29 is 0 Å². The molecule has 1 aromatic rings. The Kier molecular flexibility index (Phi) is 7.47. The molecular weight excluding hydrogens is 242 g/mol. The highest BCUT2D eigenvalue weighted by molar-refractivity contribution is 7.09. The zero-order valence-electron chi connectivity index (χ0n) is 11.9. The summed E-state index contributed by atoms with van der Waals surface area (Å²) >= 11 is 1.74. The smallest absolute Gasteiger partial charge is 0.109 e. The summed E-state index contributed by atoms with van der Waals surface area (Å²) in [7, 11) is 0. The maximum absolute atomic E-state index is 5.76. The molecule has 1 aromatic heterocycles. The molecule has 3 nitrogen and oxygen atoms in total. The molecule has 0 aliphatic heterocycles. The van der Waals surface area contributed by atoms with Crippen molar-refractivity contribution in [3.63, 3.8) is 0 Å². The van der Waals surface area contributed by atoms with Gasteiger partial charge in [0.2, 0.25) is 0 Å². The van der Waals surface area contributed by atoms with Crippen molar-refractivity contribution in [3.05, 3.63) is 16.6 Å². The molecule has 0 radical (unpaired) electrons. The Morgan fingerprint density at radius 3 is 2.72 bits per heavy atom. The van der Waals surface area contributed by atoms with Crippen molar-refractivity contribution in [1.29, 1.82) is 0 Å². The molecule has 1 rings (SSSR count). The molecule has 0 fully saturated rings. The second-order valence-electron chi connectivity index (χ2n) is 5.25. The summed E-state index contributed by atoms with van der Waals surface area (Å²) in [5.74, 6) is 0.706. The molecule has 104 valence electrons. The highest BCUT2D eigenvalue weighted by Crippen LogP contribution is 2.19. The molecular formula is C14H27N3S. The van der Waals surface area contributed by atoms with E-state index in [1.165, 1.54) is 17.8 Å². The number of nitrogens with zero attached hydrogens (tertiary/aromatic N) is 1. The summed E-state index contributed by atoms with van der Waals surface area (Å²) < 4.78 is 0. The normalized spacial score (nSPS) is 16.4. The predicted octanol–water partition coefficient (Wildman–Crippen LogP) is 3.34. The van der Waals surface area contributed by atoms with Crippen LogP contribution in [-0.4, -0.2) is 17.6 Å². The third kappa shape index (κ3) is 5.94. The summed E-state index contributed by atoms with van der Waals surface area (Å²) in [4.78, 5) is 4.39. The minimum absolute atomic E-state index is 0.337. The molecule has 3 atom stereocenters. The summed E-state index contributed by atoms with van der Waals surface area (Å²) in [6.07, 6.45) is 6.60. The lowest BCUT2D eigenvalue weighted by Gasteiger charge is -2.18. The molecule has 0 aliphatic carbocycles. The maximum atomic E-state index is 5.76. The Bertz CT molecular complexity index is 298. The molecule has 3 unspecified atom stereocenters. The zero-order valence-corrected chi connectivity index (χ0v) is 12.7. The number of nitrogens with two attached hydrogens (primary N) is 1. The van der Waals surface area contributed by atoms with Crippen LogP contribution in [0.5, 0.6) is 0 Å². The lowest BCUT2D eigenvalue weighted by molar-refractivity contribution is 0.410. The number of thiazole rings is 1. The van der Waals surface area contributed by atoms with Gasteiger partial charge in [-0.25, -0.2) is 4.98 Å². The van der Waals surface area contributed by atoms with Crippen molar-refractivity contribution in [2.75, 3.05) is 6.54 Å². The SMILES string of the molecule is CCC(NCC(C)CCCC(C)N)c1nccs1. The van der Waals surface area contributed by atoms with E-state index >= 15 is 0 Å². The van der Waals surface area contributed by atoms with Crippen molar-refractivity contribution in [1.82, 2.24) is 10.3 Å². The first-order valence-electron chi connectivity index (χ1n) is 7.01. The van der Waals surface area contributed by atoms with Crippen LogP contribution in [0.2, 0.25) is 0 Å². The quantitative estimate of drug-likeness (QED) is 0.723. The number of aromatic nitrogens is 1. The Morgan fingerprint density at radius 1 is 1.39 bits per heavy atom. The van der Waals surface area contributed by atoms with E-state index in [9.17, 15) is 0 Å². The van der Waals surface area contributed by atoms with Crippen LogP contribution in [0.15, 0.2) is 11.6 Å². The lowest BCUT2D eigenvalue weighted by Crippen LogP contribution is -2.26. The minimum atomic E-state index is 0.337. The summed E-state index contributed by atoms with van der Waals surface area (Å²) in [6, 6.07) is 0.754. The Morgan fingerprint density at radius 2 is 2.17 bits per heavy atom. The van der Waals surface area contributed by atoms with E-state index in [2.05, 4.69) is 31.1 Å². The molecule has 0 aliphatic rings. The highest BCUT2D eigenvalue weighted by atomic mass is 32.1. The third-order valence-electron chi connectivity index (χ3n) is 3.23. The van der Waals surface area contributed by atoms with Gasteiger partial charge in [-0.15, -0.1) is 11.3 Å². The number of rotatable bonds is 9.